The second kappa shape index (κ2) is 9.64. The molecule has 1 aromatic carbocycles. The van der Waals surface area contributed by atoms with Gasteiger partial charge in [0.25, 0.3) is 11.8 Å². The maximum Gasteiger partial charge on any atom is 0.416 e. The van der Waals surface area contributed by atoms with Crippen molar-refractivity contribution in [2.75, 3.05) is 18.8 Å². The van der Waals surface area contributed by atoms with Crippen LogP contribution in [0.15, 0.2) is 30.6 Å². The largest absolute Gasteiger partial charge is 0.416 e. The van der Waals surface area contributed by atoms with Crippen LogP contribution in [0.5, 0.6) is 0 Å². The number of amides is 2. The highest BCUT2D eigenvalue weighted by Gasteiger charge is 2.51. The van der Waals surface area contributed by atoms with Gasteiger partial charge in [-0.15, -0.1) is 0 Å². The summed E-state index contributed by atoms with van der Waals surface area (Å²) < 4.78 is 42.5. The molecule has 0 bridgehead atoms. The van der Waals surface area contributed by atoms with Crippen LogP contribution in [0.1, 0.15) is 53.7 Å². The number of hydrogen-bond acceptors (Lipinski definition) is 5. The van der Waals surface area contributed by atoms with E-state index in [4.69, 9.17) is 23.1 Å². The van der Waals surface area contributed by atoms with Gasteiger partial charge in [-0.2, -0.15) is 23.4 Å². The van der Waals surface area contributed by atoms with Gasteiger partial charge in [0, 0.05) is 29.9 Å². The molecular weight excluding hydrogens is 535 g/mol. The minimum atomic E-state index is -4.51. The predicted octanol–water partition coefficient (Wildman–Crippen LogP) is 3.73. The Labute approximate surface area is 226 Å². The summed E-state index contributed by atoms with van der Waals surface area (Å²) in [5, 5.41) is 8.99. The molecule has 1 aliphatic heterocycles. The minimum Gasteiger partial charge on any atom is -0.383 e. The fourth-order valence-electron chi connectivity index (χ4n) is 5.53. The number of likely N-dealkylation sites (tertiary alicyclic amines) is 1. The molecule has 0 unspecified atom stereocenters. The van der Waals surface area contributed by atoms with Crippen LogP contribution in [-0.4, -0.2) is 49.4 Å². The third kappa shape index (κ3) is 4.94. The SMILES string of the molecule is CC#CC(=O)N1CCC2(CC(n3nc(-c4cnn(Cc5cc(C(F)(F)F)ccc5Cl)c4)c(C(N)=O)c3N)C2)C1. The van der Waals surface area contributed by atoms with Crippen LogP contribution in [0.4, 0.5) is 19.0 Å². The standard InChI is InChI=1S/C26H25ClF3N7O2/c1-2-3-20(38)35-7-6-25(14-35)9-18(10-25)37-23(31)21(24(32)39)22(34-37)16-11-33-36(13-16)12-15-8-17(26(28,29)30)4-5-19(15)27/h4-5,8,11,13,18H,6-7,9-10,12,14,31H2,1H3,(H2,32,39). The molecule has 5 rings (SSSR count). The molecule has 3 heterocycles. The minimum absolute atomic E-state index is 0.0341. The van der Waals surface area contributed by atoms with Crippen LogP contribution < -0.4 is 11.5 Å². The average molecular weight is 560 g/mol. The summed E-state index contributed by atoms with van der Waals surface area (Å²) in [5.41, 5.74) is 12.1. The van der Waals surface area contributed by atoms with E-state index in [9.17, 15) is 22.8 Å². The molecular formula is C26H25ClF3N7O2. The summed E-state index contributed by atoms with van der Waals surface area (Å²) in [4.78, 5) is 26.2. The number of anilines is 1. The molecule has 1 aliphatic carbocycles. The highest BCUT2D eigenvalue weighted by molar-refractivity contribution is 6.31. The first-order valence-electron chi connectivity index (χ1n) is 12.2. The molecule has 9 nitrogen and oxygen atoms in total. The van der Waals surface area contributed by atoms with Crippen molar-refractivity contribution >= 4 is 29.2 Å². The second-order valence-electron chi connectivity index (χ2n) is 10.1. The lowest BCUT2D eigenvalue weighted by Crippen LogP contribution is -2.42. The van der Waals surface area contributed by atoms with E-state index in [1.807, 2.05) is 0 Å². The van der Waals surface area contributed by atoms with Gasteiger partial charge >= 0.3 is 6.18 Å². The van der Waals surface area contributed by atoms with Gasteiger partial charge in [-0.1, -0.05) is 17.5 Å². The molecule has 3 aromatic rings. The van der Waals surface area contributed by atoms with Crippen LogP contribution in [0.25, 0.3) is 11.3 Å². The third-order valence-electron chi connectivity index (χ3n) is 7.45. The van der Waals surface area contributed by atoms with Crippen molar-refractivity contribution in [1.29, 1.82) is 0 Å². The number of primary amides is 1. The fraction of sp³-hybridized carbons (Fsp3) is 0.385. The molecule has 0 radical (unpaired) electrons. The number of alkyl halides is 3. The maximum absolute atomic E-state index is 13.2. The quantitative estimate of drug-likeness (QED) is 0.461. The van der Waals surface area contributed by atoms with Crippen molar-refractivity contribution in [3.63, 3.8) is 0 Å². The zero-order chi connectivity index (χ0) is 28.1. The normalized spacial score (nSPS) is 20.5. The number of nitrogens with two attached hydrogens (primary N) is 2. The first kappa shape index (κ1) is 26.6. The summed E-state index contributed by atoms with van der Waals surface area (Å²) in [5.74, 6) is 4.41. The Hall–Kier alpha value is -3.98. The van der Waals surface area contributed by atoms with E-state index < -0.39 is 17.6 Å². The van der Waals surface area contributed by atoms with Gasteiger partial charge in [0.1, 0.15) is 17.1 Å². The molecule has 2 fully saturated rings. The Balaban J connectivity index is 1.37. The number of carbonyl (C=O) groups is 2. The monoisotopic (exact) mass is 559 g/mol. The molecule has 39 heavy (non-hydrogen) atoms. The summed E-state index contributed by atoms with van der Waals surface area (Å²) in [7, 11) is 0. The summed E-state index contributed by atoms with van der Waals surface area (Å²) in [6.45, 7) is 2.84. The van der Waals surface area contributed by atoms with Gasteiger partial charge in [0.05, 0.1) is 24.3 Å². The van der Waals surface area contributed by atoms with Crippen LogP contribution in [0, 0.1) is 17.3 Å². The van der Waals surface area contributed by atoms with Gasteiger partial charge in [0.2, 0.25) is 0 Å². The zero-order valence-electron chi connectivity index (χ0n) is 20.9. The lowest BCUT2D eigenvalue weighted by molar-refractivity contribution is -0.137. The highest BCUT2D eigenvalue weighted by atomic mass is 35.5. The van der Waals surface area contributed by atoms with Gasteiger partial charge in [-0.3, -0.25) is 14.3 Å². The first-order chi connectivity index (χ1) is 18.4. The Bertz CT molecular complexity index is 1530. The van der Waals surface area contributed by atoms with Crippen molar-refractivity contribution in [3.05, 3.63) is 52.3 Å². The van der Waals surface area contributed by atoms with Crippen LogP contribution >= 0.6 is 11.6 Å². The maximum atomic E-state index is 13.2. The molecule has 204 valence electrons. The van der Waals surface area contributed by atoms with Crippen molar-refractivity contribution in [3.8, 4) is 23.1 Å². The van der Waals surface area contributed by atoms with Crippen molar-refractivity contribution in [1.82, 2.24) is 24.5 Å². The van der Waals surface area contributed by atoms with E-state index >= 15 is 0 Å². The number of rotatable bonds is 5. The second-order valence-corrected chi connectivity index (χ2v) is 10.5. The topological polar surface area (TPSA) is 125 Å². The molecule has 2 aromatic heterocycles. The number of benzene rings is 1. The average Bonchev–Trinajstić information content (AvgIpc) is 3.56. The van der Waals surface area contributed by atoms with E-state index in [0.717, 1.165) is 31.4 Å². The Kier molecular flexibility index (Phi) is 6.58. The van der Waals surface area contributed by atoms with Gasteiger partial charge < -0.3 is 16.4 Å². The van der Waals surface area contributed by atoms with E-state index in [2.05, 4.69) is 22.0 Å². The molecule has 1 spiro atoms. The first-order valence-corrected chi connectivity index (χ1v) is 12.6. The van der Waals surface area contributed by atoms with E-state index in [1.165, 1.54) is 16.9 Å². The van der Waals surface area contributed by atoms with Crippen molar-refractivity contribution in [2.45, 2.75) is 44.9 Å². The van der Waals surface area contributed by atoms with E-state index in [-0.39, 0.29) is 51.6 Å². The smallest absolute Gasteiger partial charge is 0.383 e. The van der Waals surface area contributed by atoms with E-state index in [1.54, 1.807) is 22.7 Å². The zero-order valence-corrected chi connectivity index (χ0v) is 21.7. The van der Waals surface area contributed by atoms with E-state index in [0.29, 0.717) is 18.7 Å². The molecule has 1 saturated heterocycles. The number of halogens is 4. The predicted molar refractivity (Wildman–Crippen MR) is 137 cm³/mol. The Morgan fingerprint density at radius 2 is 2.03 bits per heavy atom. The number of nitrogen functional groups attached to an aromatic ring is 1. The summed E-state index contributed by atoms with van der Waals surface area (Å²) in [6, 6.07) is 3.01. The molecule has 1 saturated carbocycles. The number of nitrogens with zero attached hydrogens (tertiary/aromatic N) is 5. The summed E-state index contributed by atoms with van der Waals surface area (Å²) in [6.07, 6.45) is 0.790. The van der Waals surface area contributed by atoms with Crippen LogP contribution in [-0.2, 0) is 17.5 Å². The third-order valence-corrected chi connectivity index (χ3v) is 7.82. The molecule has 2 amide bonds. The Morgan fingerprint density at radius 3 is 2.69 bits per heavy atom. The highest BCUT2D eigenvalue weighted by Crippen LogP contribution is 2.54. The van der Waals surface area contributed by atoms with Crippen molar-refractivity contribution < 1.29 is 22.8 Å². The molecule has 0 atom stereocenters. The number of hydrogen-bond donors (Lipinski definition) is 2. The lowest BCUT2D eigenvalue weighted by Gasteiger charge is -2.45. The Morgan fingerprint density at radius 1 is 1.28 bits per heavy atom. The summed E-state index contributed by atoms with van der Waals surface area (Å²) >= 11 is 6.13. The van der Waals surface area contributed by atoms with Crippen LogP contribution in [0.3, 0.4) is 0 Å². The fourth-order valence-corrected chi connectivity index (χ4v) is 5.71. The lowest BCUT2D eigenvalue weighted by atomic mass is 9.65. The molecule has 2 aliphatic rings. The number of carbonyl (C=O) groups excluding carboxylic acids is 2. The molecule has 4 N–H and O–H groups in total. The van der Waals surface area contributed by atoms with Gasteiger partial charge in [0.15, 0.2) is 0 Å². The van der Waals surface area contributed by atoms with Crippen molar-refractivity contribution in [2.24, 2.45) is 11.1 Å². The van der Waals surface area contributed by atoms with Crippen LogP contribution in [0.2, 0.25) is 5.02 Å². The number of aromatic nitrogens is 4. The van der Waals surface area contributed by atoms with Gasteiger partial charge in [-0.25, -0.2) is 4.68 Å². The van der Waals surface area contributed by atoms with Gasteiger partial charge in [-0.05, 0) is 61.3 Å². The molecule has 13 heteroatoms.